The third-order valence-electron chi connectivity index (χ3n) is 7.82. The lowest BCUT2D eigenvalue weighted by Gasteiger charge is -2.29. The molecule has 4 atom stereocenters. The summed E-state index contributed by atoms with van der Waals surface area (Å²) in [5, 5.41) is 18.0. The first-order chi connectivity index (χ1) is 19.7. The predicted molar refractivity (Wildman–Crippen MR) is 149 cm³/mol. The third-order valence-corrected chi connectivity index (χ3v) is 8.05. The summed E-state index contributed by atoms with van der Waals surface area (Å²) in [5.74, 6) is -4.51. The number of aliphatic hydroxyl groups is 1. The highest BCUT2D eigenvalue weighted by molar-refractivity contribution is 6.30. The Morgan fingerprint density at radius 2 is 1.78 bits per heavy atom. The minimum atomic E-state index is -3.64. The predicted octanol–water partition coefficient (Wildman–Crippen LogP) is 4.85. The van der Waals surface area contributed by atoms with E-state index >= 15 is 8.78 Å². The maximum absolute atomic E-state index is 15.8. The van der Waals surface area contributed by atoms with E-state index in [1.165, 1.54) is 30.3 Å². The van der Waals surface area contributed by atoms with Crippen LogP contribution in [0.1, 0.15) is 62.2 Å². The van der Waals surface area contributed by atoms with E-state index in [0.717, 1.165) is 31.7 Å². The second-order valence-corrected chi connectivity index (χ2v) is 11.2. The van der Waals surface area contributed by atoms with Gasteiger partial charge in [0.05, 0.1) is 12.6 Å². The topological polar surface area (TPSA) is 117 Å². The molecule has 2 aromatic rings. The highest BCUT2D eigenvalue weighted by Gasteiger charge is 2.46. The second-order valence-electron chi connectivity index (χ2n) is 10.8. The molecule has 0 bridgehead atoms. The van der Waals surface area contributed by atoms with Crippen molar-refractivity contribution in [1.82, 2.24) is 16.0 Å². The summed E-state index contributed by atoms with van der Waals surface area (Å²) in [6.07, 6.45) is 1.74. The normalized spacial score (nSPS) is 19.7. The Labute approximate surface area is 243 Å². The summed E-state index contributed by atoms with van der Waals surface area (Å²) in [7, 11) is 0. The molecule has 222 valence electrons. The number of ether oxygens (including phenoxy) is 1. The van der Waals surface area contributed by atoms with Gasteiger partial charge in [-0.15, -0.1) is 0 Å². The van der Waals surface area contributed by atoms with Crippen LogP contribution in [-0.4, -0.2) is 48.2 Å². The van der Waals surface area contributed by atoms with Crippen molar-refractivity contribution < 1.29 is 33.0 Å². The van der Waals surface area contributed by atoms with Crippen LogP contribution in [0.15, 0.2) is 54.6 Å². The van der Waals surface area contributed by atoms with Gasteiger partial charge in [0, 0.05) is 23.0 Å². The lowest BCUT2D eigenvalue weighted by Crippen LogP contribution is -2.52. The Hall–Kier alpha value is -3.24. The van der Waals surface area contributed by atoms with Gasteiger partial charge in [0.1, 0.15) is 6.04 Å². The minimum absolute atomic E-state index is 0.0691. The van der Waals surface area contributed by atoms with E-state index in [4.69, 9.17) is 16.3 Å². The molecule has 2 aromatic carbocycles. The number of hydrogen-bond acceptors (Lipinski definition) is 5. The summed E-state index contributed by atoms with van der Waals surface area (Å²) in [4.78, 5) is 38.5. The fraction of sp³-hybridized carbons (Fsp3) is 0.500. The first-order valence-corrected chi connectivity index (χ1v) is 14.4. The van der Waals surface area contributed by atoms with Crippen LogP contribution in [0.4, 0.5) is 13.6 Å². The minimum Gasteiger partial charge on any atom is -0.434 e. The van der Waals surface area contributed by atoms with Crippen molar-refractivity contribution in [2.75, 3.05) is 13.2 Å². The van der Waals surface area contributed by atoms with Crippen LogP contribution in [0.3, 0.4) is 0 Å². The molecule has 1 heterocycles. The molecule has 1 aliphatic carbocycles. The molecule has 4 N–H and O–H groups in total. The molecule has 8 nitrogen and oxygen atoms in total. The number of benzene rings is 2. The number of hydrogen-bond donors (Lipinski definition) is 4. The number of alkyl carbamates (subject to hydrolysis) is 1. The summed E-state index contributed by atoms with van der Waals surface area (Å²) in [6.45, 7) is 0.147. The van der Waals surface area contributed by atoms with Gasteiger partial charge in [-0.25, -0.2) is 4.79 Å². The van der Waals surface area contributed by atoms with Gasteiger partial charge in [0.25, 0.3) is 0 Å². The van der Waals surface area contributed by atoms with Crippen molar-refractivity contribution in [3.8, 4) is 0 Å². The molecule has 2 aliphatic rings. The Morgan fingerprint density at radius 1 is 1.05 bits per heavy atom. The SMILES string of the molecule is O=C(N[C@@H](CC1CCCC1)C(=O)N[C@H](CO)C[C@@H]1CCNC1=O)OC(c1ccccc1)C(F)(F)c1cccc(Cl)c1. The second kappa shape index (κ2) is 14.1. The van der Waals surface area contributed by atoms with Gasteiger partial charge in [-0.1, -0.05) is 79.7 Å². The maximum Gasteiger partial charge on any atom is 0.408 e. The Morgan fingerprint density at radius 3 is 2.41 bits per heavy atom. The molecular weight excluding hydrogens is 556 g/mol. The van der Waals surface area contributed by atoms with Crippen molar-refractivity contribution in [2.45, 2.75) is 69.1 Å². The molecule has 1 unspecified atom stereocenters. The molecule has 41 heavy (non-hydrogen) atoms. The molecule has 1 aliphatic heterocycles. The highest BCUT2D eigenvalue weighted by Crippen LogP contribution is 2.43. The van der Waals surface area contributed by atoms with Gasteiger partial charge in [-0.05, 0) is 42.9 Å². The zero-order valence-corrected chi connectivity index (χ0v) is 23.4. The zero-order valence-electron chi connectivity index (χ0n) is 22.7. The molecular formula is C30H36ClF2N3O5. The summed E-state index contributed by atoms with van der Waals surface area (Å²) >= 11 is 5.97. The van der Waals surface area contributed by atoms with Crippen LogP contribution in [-0.2, 0) is 20.2 Å². The van der Waals surface area contributed by atoms with E-state index in [-0.39, 0.29) is 34.7 Å². The largest absolute Gasteiger partial charge is 0.434 e. The van der Waals surface area contributed by atoms with Crippen molar-refractivity contribution in [1.29, 1.82) is 0 Å². The molecule has 1 saturated heterocycles. The number of halogens is 3. The Kier molecular flexibility index (Phi) is 10.6. The molecule has 4 rings (SSSR count). The van der Waals surface area contributed by atoms with Crippen molar-refractivity contribution in [3.05, 3.63) is 70.7 Å². The van der Waals surface area contributed by atoms with Gasteiger partial charge in [-0.3, -0.25) is 9.59 Å². The fourth-order valence-electron chi connectivity index (χ4n) is 5.61. The summed E-state index contributed by atoms with van der Waals surface area (Å²) < 4.78 is 37.0. The monoisotopic (exact) mass is 591 g/mol. The van der Waals surface area contributed by atoms with E-state index < -0.39 is 48.3 Å². The fourth-order valence-corrected chi connectivity index (χ4v) is 5.81. The van der Waals surface area contributed by atoms with E-state index in [2.05, 4.69) is 16.0 Å². The zero-order chi connectivity index (χ0) is 29.4. The number of rotatable bonds is 12. The molecule has 1 saturated carbocycles. The first kappa shape index (κ1) is 30.7. The average Bonchev–Trinajstić information content (AvgIpc) is 3.62. The average molecular weight is 592 g/mol. The maximum atomic E-state index is 15.8. The van der Waals surface area contributed by atoms with E-state index in [0.29, 0.717) is 19.4 Å². The third kappa shape index (κ3) is 8.16. The number of amides is 3. The van der Waals surface area contributed by atoms with Gasteiger partial charge < -0.3 is 25.8 Å². The van der Waals surface area contributed by atoms with Crippen LogP contribution in [0.2, 0.25) is 5.02 Å². The molecule has 2 fully saturated rings. The van der Waals surface area contributed by atoms with Gasteiger partial charge in [0.2, 0.25) is 11.8 Å². The van der Waals surface area contributed by atoms with Crippen LogP contribution in [0.5, 0.6) is 0 Å². The number of carbonyl (C=O) groups is 3. The number of nitrogens with one attached hydrogen (secondary N) is 3. The Bertz CT molecular complexity index is 1200. The molecule has 0 spiro atoms. The van der Waals surface area contributed by atoms with Crippen LogP contribution >= 0.6 is 11.6 Å². The lowest BCUT2D eigenvalue weighted by molar-refractivity contribution is -0.128. The van der Waals surface area contributed by atoms with Crippen molar-refractivity contribution in [3.63, 3.8) is 0 Å². The quantitative estimate of drug-likeness (QED) is 0.282. The summed E-state index contributed by atoms with van der Waals surface area (Å²) in [5.41, 5.74) is -0.353. The number of alkyl halides is 2. The standard InChI is InChI=1S/C30H36ClF2N3O5/c31-23-12-6-11-22(17-23)30(32,33)26(20-9-2-1-3-10-20)41-29(40)36-25(15-19-7-4-5-8-19)28(39)35-24(18-37)16-21-13-14-34-27(21)38/h1-3,6,9-12,17,19,21,24-26,37H,4-5,7-8,13-16,18H2,(H,34,38)(H,35,39)(H,36,40)/t21-,24-,25-,26?/m0/s1. The van der Waals surface area contributed by atoms with Crippen LogP contribution in [0, 0.1) is 11.8 Å². The molecule has 11 heteroatoms. The summed E-state index contributed by atoms with van der Waals surface area (Å²) in [6, 6.07) is 11.1. The number of aliphatic hydroxyl groups excluding tert-OH is 1. The van der Waals surface area contributed by atoms with Crippen LogP contribution in [0.25, 0.3) is 0 Å². The highest BCUT2D eigenvalue weighted by atomic mass is 35.5. The Balaban J connectivity index is 1.51. The lowest BCUT2D eigenvalue weighted by atomic mass is 9.96. The van der Waals surface area contributed by atoms with Crippen LogP contribution < -0.4 is 16.0 Å². The van der Waals surface area contributed by atoms with Crippen molar-refractivity contribution >= 4 is 29.5 Å². The first-order valence-electron chi connectivity index (χ1n) is 14.0. The van der Waals surface area contributed by atoms with E-state index in [1.54, 1.807) is 18.2 Å². The number of carbonyl (C=O) groups excluding carboxylic acids is 3. The molecule has 0 aromatic heterocycles. The van der Waals surface area contributed by atoms with Gasteiger partial charge >= 0.3 is 12.0 Å². The van der Waals surface area contributed by atoms with Gasteiger partial charge in [-0.2, -0.15) is 8.78 Å². The molecule has 3 amide bonds. The van der Waals surface area contributed by atoms with Crippen molar-refractivity contribution in [2.24, 2.45) is 11.8 Å². The smallest absolute Gasteiger partial charge is 0.408 e. The molecule has 0 radical (unpaired) electrons. The van der Waals surface area contributed by atoms with Gasteiger partial charge in [0.15, 0.2) is 6.10 Å². The van der Waals surface area contributed by atoms with E-state index in [9.17, 15) is 19.5 Å². The van der Waals surface area contributed by atoms with E-state index in [1.807, 2.05) is 0 Å².